The summed E-state index contributed by atoms with van der Waals surface area (Å²) in [6, 6.07) is 14.2. The average molecular weight is 284 g/mol. The van der Waals surface area contributed by atoms with Gasteiger partial charge < -0.3 is 9.47 Å². The van der Waals surface area contributed by atoms with Gasteiger partial charge in [0, 0.05) is 5.56 Å². The number of rotatable bonds is 5. The van der Waals surface area contributed by atoms with E-state index < -0.39 is 0 Å². The van der Waals surface area contributed by atoms with Crippen LogP contribution in [0.4, 0.5) is 0 Å². The molecule has 1 N–H and O–H groups in total. The van der Waals surface area contributed by atoms with Crippen molar-refractivity contribution in [2.45, 2.75) is 0 Å². The van der Waals surface area contributed by atoms with Gasteiger partial charge in [0.25, 0.3) is 5.91 Å². The van der Waals surface area contributed by atoms with E-state index in [9.17, 15) is 4.79 Å². The molecule has 5 heteroatoms. The first kappa shape index (κ1) is 14.6. The van der Waals surface area contributed by atoms with Crippen molar-refractivity contribution in [3.63, 3.8) is 0 Å². The Balaban J connectivity index is 1.97. The number of hydrazone groups is 1. The van der Waals surface area contributed by atoms with Gasteiger partial charge in [-0.1, -0.05) is 6.07 Å². The highest BCUT2D eigenvalue weighted by molar-refractivity contribution is 5.95. The smallest absolute Gasteiger partial charge is 0.271 e. The third-order valence-electron chi connectivity index (χ3n) is 2.83. The molecule has 0 saturated carbocycles. The summed E-state index contributed by atoms with van der Waals surface area (Å²) in [7, 11) is 3.16. The lowest BCUT2D eigenvalue weighted by molar-refractivity contribution is 0.0955. The van der Waals surface area contributed by atoms with Crippen LogP contribution in [0.15, 0.2) is 53.6 Å². The van der Waals surface area contributed by atoms with Gasteiger partial charge in [0.15, 0.2) is 0 Å². The Hall–Kier alpha value is -2.82. The largest absolute Gasteiger partial charge is 0.497 e. The normalized spacial score (nSPS) is 10.4. The second kappa shape index (κ2) is 7.09. The second-order valence-electron chi connectivity index (χ2n) is 4.20. The van der Waals surface area contributed by atoms with Crippen molar-refractivity contribution < 1.29 is 14.3 Å². The third-order valence-corrected chi connectivity index (χ3v) is 2.83. The van der Waals surface area contributed by atoms with Gasteiger partial charge in [-0.15, -0.1) is 0 Å². The molecule has 2 rings (SSSR count). The van der Waals surface area contributed by atoms with Gasteiger partial charge in [-0.3, -0.25) is 4.79 Å². The van der Waals surface area contributed by atoms with E-state index in [1.54, 1.807) is 44.7 Å². The van der Waals surface area contributed by atoms with Gasteiger partial charge in [-0.2, -0.15) is 5.10 Å². The number of carbonyl (C=O) groups is 1. The van der Waals surface area contributed by atoms with Gasteiger partial charge in [0.05, 0.1) is 20.4 Å². The summed E-state index contributed by atoms with van der Waals surface area (Å²) in [5.41, 5.74) is 3.82. The van der Waals surface area contributed by atoms with Crippen molar-refractivity contribution in [3.05, 3.63) is 59.7 Å². The fourth-order valence-corrected chi connectivity index (χ4v) is 1.68. The predicted octanol–water partition coefficient (Wildman–Crippen LogP) is 2.47. The maximum Gasteiger partial charge on any atom is 0.271 e. The molecule has 0 aliphatic carbocycles. The molecule has 0 aliphatic rings. The molecule has 1 amide bonds. The van der Waals surface area contributed by atoms with Crippen LogP contribution in [-0.2, 0) is 0 Å². The molecule has 0 saturated heterocycles. The molecule has 21 heavy (non-hydrogen) atoms. The van der Waals surface area contributed by atoms with Crippen LogP contribution in [0.3, 0.4) is 0 Å². The molecule has 5 nitrogen and oxygen atoms in total. The molecule has 2 aromatic rings. The van der Waals surface area contributed by atoms with Crippen LogP contribution in [0.25, 0.3) is 0 Å². The molecule has 0 spiro atoms. The van der Waals surface area contributed by atoms with Crippen LogP contribution >= 0.6 is 0 Å². The Morgan fingerprint density at radius 1 is 1.05 bits per heavy atom. The number of nitrogens with zero attached hydrogens (tertiary/aromatic N) is 1. The summed E-state index contributed by atoms with van der Waals surface area (Å²) in [5, 5.41) is 3.92. The van der Waals surface area contributed by atoms with Crippen LogP contribution in [0.1, 0.15) is 15.9 Å². The van der Waals surface area contributed by atoms with Gasteiger partial charge in [0.2, 0.25) is 0 Å². The Kier molecular flexibility index (Phi) is 4.93. The highest BCUT2D eigenvalue weighted by Gasteiger charge is 2.04. The van der Waals surface area contributed by atoms with E-state index >= 15 is 0 Å². The molecular formula is C16H16N2O3. The highest BCUT2D eigenvalue weighted by Crippen LogP contribution is 2.12. The minimum atomic E-state index is -0.293. The van der Waals surface area contributed by atoms with Crippen molar-refractivity contribution in [2.75, 3.05) is 14.2 Å². The van der Waals surface area contributed by atoms with Gasteiger partial charge >= 0.3 is 0 Å². The van der Waals surface area contributed by atoms with Crippen LogP contribution in [0, 0.1) is 0 Å². The van der Waals surface area contributed by atoms with E-state index in [0.29, 0.717) is 11.3 Å². The zero-order valence-electron chi connectivity index (χ0n) is 11.9. The van der Waals surface area contributed by atoms with E-state index in [0.717, 1.165) is 11.3 Å². The zero-order valence-corrected chi connectivity index (χ0v) is 11.9. The first-order chi connectivity index (χ1) is 10.2. The minimum absolute atomic E-state index is 0.293. The van der Waals surface area contributed by atoms with E-state index in [1.807, 2.05) is 24.3 Å². The lowest BCUT2D eigenvalue weighted by Gasteiger charge is -2.03. The molecule has 0 atom stereocenters. The Morgan fingerprint density at radius 3 is 2.43 bits per heavy atom. The van der Waals surface area contributed by atoms with E-state index in [1.165, 1.54) is 0 Å². The summed E-state index contributed by atoms with van der Waals surface area (Å²) in [5.74, 6) is 1.10. The van der Waals surface area contributed by atoms with Crippen molar-refractivity contribution in [3.8, 4) is 11.5 Å². The topological polar surface area (TPSA) is 59.9 Å². The number of carbonyl (C=O) groups excluding carboxylic acids is 1. The first-order valence-corrected chi connectivity index (χ1v) is 6.34. The summed E-state index contributed by atoms with van der Waals surface area (Å²) < 4.78 is 10.1. The van der Waals surface area contributed by atoms with Crippen LogP contribution in [-0.4, -0.2) is 26.3 Å². The monoisotopic (exact) mass is 284 g/mol. The maximum absolute atomic E-state index is 11.9. The molecule has 0 heterocycles. The highest BCUT2D eigenvalue weighted by atomic mass is 16.5. The fourth-order valence-electron chi connectivity index (χ4n) is 1.68. The number of hydrogen-bond acceptors (Lipinski definition) is 4. The third kappa shape index (κ3) is 4.07. The molecule has 0 bridgehead atoms. The van der Waals surface area contributed by atoms with Crippen molar-refractivity contribution in [1.82, 2.24) is 5.43 Å². The second-order valence-corrected chi connectivity index (χ2v) is 4.20. The quantitative estimate of drug-likeness (QED) is 0.677. The summed E-state index contributed by atoms with van der Waals surface area (Å²) in [4.78, 5) is 11.9. The summed E-state index contributed by atoms with van der Waals surface area (Å²) in [6.07, 6.45) is 1.57. The summed E-state index contributed by atoms with van der Waals surface area (Å²) in [6.45, 7) is 0. The molecular weight excluding hydrogens is 268 g/mol. The van der Waals surface area contributed by atoms with Crippen LogP contribution in [0.2, 0.25) is 0 Å². The summed E-state index contributed by atoms with van der Waals surface area (Å²) >= 11 is 0. The number of hydrogen-bond donors (Lipinski definition) is 1. The zero-order chi connectivity index (χ0) is 15.1. The number of amides is 1. The number of nitrogens with one attached hydrogen (secondary N) is 1. The maximum atomic E-state index is 11.9. The predicted molar refractivity (Wildman–Crippen MR) is 81.0 cm³/mol. The molecule has 108 valence electrons. The minimum Gasteiger partial charge on any atom is -0.497 e. The van der Waals surface area contributed by atoms with Crippen LogP contribution in [0.5, 0.6) is 11.5 Å². The van der Waals surface area contributed by atoms with E-state index in [-0.39, 0.29) is 5.91 Å². The lowest BCUT2D eigenvalue weighted by Crippen LogP contribution is -2.17. The van der Waals surface area contributed by atoms with Crippen LogP contribution < -0.4 is 14.9 Å². The van der Waals surface area contributed by atoms with Crippen molar-refractivity contribution >= 4 is 12.1 Å². The molecule has 2 aromatic carbocycles. The van der Waals surface area contributed by atoms with Crippen molar-refractivity contribution in [2.24, 2.45) is 5.10 Å². The number of benzene rings is 2. The van der Waals surface area contributed by atoms with Gasteiger partial charge in [0.1, 0.15) is 11.5 Å². The van der Waals surface area contributed by atoms with Gasteiger partial charge in [-0.05, 0) is 48.0 Å². The van der Waals surface area contributed by atoms with Crippen molar-refractivity contribution in [1.29, 1.82) is 0 Å². The molecule has 0 aliphatic heterocycles. The Morgan fingerprint density at radius 2 is 1.76 bits per heavy atom. The molecule has 0 aromatic heterocycles. The molecule has 0 radical (unpaired) electrons. The standard InChI is InChI=1S/C16H16N2O3/c1-20-14-8-6-12(7-9-14)11-17-18-16(19)13-4-3-5-15(10-13)21-2/h3-11H,1-2H3,(H,18,19). The number of methoxy groups -OCH3 is 2. The van der Waals surface area contributed by atoms with Gasteiger partial charge in [-0.25, -0.2) is 5.43 Å². The SMILES string of the molecule is COc1ccc(C=NNC(=O)c2cccc(OC)c2)cc1. The molecule has 0 unspecified atom stereocenters. The Bertz CT molecular complexity index is 636. The number of ether oxygens (including phenoxy) is 2. The van der Waals surface area contributed by atoms with E-state index in [4.69, 9.17) is 9.47 Å². The Labute approximate surface area is 123 Å². The first-order valence-electron chi connectivity index (χ1n) is 6.34. The fraction of sp³-hybridized carbons (Fsp3) is 0.125. The van der Waals surface area contributed by atoms with E-state index in [2.05, 4.69) is 10.5 Å². The molecule has 0 fully saturated rings. The average Bonchev–Trinajstić information content (AvgIpc) is 2.55. The lowest BCUT2D eigenvalue weighted by atomic mass is 10.2.